The van der Waals surface area contributed by atoms with Crippen LogP contribution in [0, 0.1) is 0 Å². The third kappa shape index (κ3) is 6.32. The van der Waals surface area contributed by atoms with Crippen LogP contribution >= 0.6 is 0 Å². The number of benzene rings is 2. The summed E-state index contributed by atoms with van der Waals surface area (Å²) >= 11 is 0. The molecule has 0 aliphatic heterocycles. The lowest BCUT2D eigenvalue weighted by molar-refractivity contribution is -0.0516. The molecule has 2 aromatic rings. The van der Waals surface area contributed by atoms with Crippen molar-refractivity contribution in [2.45, 2.75) is 20.1 Å². The summed E-state index contributed by atoms with van der Waals surface area (Å²) in [4.78, 5) is 12.2. The quantitative estimate of drug-likeness (QED) is 0.339. The molecule has 2 aromatic carbocycles. The molecule has 0 fully saturated rings. The van der Waals surface area contributed by atoms with Gasteiger partial charge in [0.05, 0.1) is 6.61 Å². The number of ketones is 1. The van der Waals surface area contributed by atoms with Crippen LogP contribution in [-0.4, -0.2) is 25.6 Å². The van der Waals surface area contributed by atoms with E-state index in [9.17, 15) is 22.4 Å². The highest BCUT2D eigenvalue weighted by atomic mass is 19.3. The highest BCUT2D eigenvalue weighted by Crippen LogP contribution is 2.30. The smallest absolute Gasteiger partial charge is 0.387 e. The first-order valence-corrected chi connectivity index (χ1v) is 7.88. The van der Waals surface area contributed by atoms with E-state index < -0.39 is 19.0 Å². The second-order valence-electron chi connectivity index (χ2n) is 5.12. The molecule has 144 valence electrons. The molecule has 0 aliphatic carbocycles. The molecule has 0 N–H and O–H groups in total. The number of alkyl halides is 4. The van der Waals surface area contributed by atoms with Gasteiger partial charge >= 0.3 is 13.2 Å². The van der Waals surface area contributed by atoms with Gasteiger partial charge in [0.1, 0.15) is 5.75 Å². The van der Waals surface area contributed by atoms with Crippen molar-refractivity contribution in [1.29, 1.82) is 0 Å². The number of hydrogen-bond donors (Lipinski definition) is 0. The average molecular weight is 384 g/mol. The van der Waals surface area contributed by atoms with Gasteiger partial charge in [0.2, 0.25) is 0 Å². The summed E-state index contributed by atoms with van der Waals surface area (Å²) in [6.07, 6.45) is 2.66. The lowest BCUT2D eigenvalue weighted by atomic mass is 10.1. The maximum absolute atomic E-state index is 12.4. The normalized spacial score (nSPS) is 11.2. The minimum absolute atomic E-state index is 0.111. The van der Waals surface area contributed by atoms with Gasteiger partial charge in [-0.2, -0.15) is 17.6 Å². The van der Waals surface area contributed by atoms with Gasteiger partial charge in [-0.05, 0) is 42.8 Å². The van der Waals surface area contributed by atoms with Gasteiger partial charge in [-0.3, -0.25) is 4.79 Å². The molecule has 27 heavy (non-hydrogen) atoms. The van der Waals surface area contributed by atoms with Gasteiger partial charge in [0.25, 0.3) is 0 Å². The molecule has 0 bridgehead atoms. The van der Waals surface area contributed by atoms with Crippen molar-refractivity contribution >= 4 is 11.9 Å². The summed E-state index contributed by atoms with van der Waals surface area (Å²) in [5.74, 6) is -0.580. The number of carbonyl (C=O) groups excluding carboxylic acids is 1. The summed E-state index contributed by atoms with van der Waals surface area (Å²) in [5.41, 5.74) is 0.667. The van der Waals surface area contributed by atoms with Crippen molar-refractivity contribution in [1.82, 2.24) is 0 Å². The van der Waals surface area contributed by atoms with E-state index in [0.717, 1.165) is 0 Å². The van der Waals surface area contributed by atoms with E-state index in [4.69, 9.17) is 4.74 Å². The summed E-state index contributed by atoms with van der Waals surface area (Å²) < 4.78 is 63.2. The fourth-order valence-corrected chi connectivity index (χ4v) is 2.18. The van der Waals surface area contributed by atoms with E-state index in [1.807, 2.05) is 0 Å². The molecule has 0 amide bonds. The van der Waals surface area contributed by atoms with Gasteiger partial charge in [-0.1, -0.05) is 24.3 Å². The third-order valence-electron chi connectivity index (χ3n) is 3.25. The van der Waals surface area contributed by atoms with Crippen LogP contribution in [-0.2, 0) is 0 Å². The zero-order valence-corrected chi connectivity index (χ0v) is 14.2. The van der Waals surface area contributed by atoms with E-state index in [1.54, 1.807) is 6.92 Å². The molecular formula is C19H16F4O4. The van der Waals surface area contributed by atoms with Crippen molar-refractivity contribution in [3.8, 4) is 17.2 Å². The minimum atomic E-state index is -2.99. The first kappa shape index (κ1) is 20.3. The van der Waals surface area contributed by atoms with Crippen molar-refractivity contribution in [2.75, 3.05) is 6.61 Å². The molecule has 0 radical (unpaired) electrons. The largest absolute Gasteiger partial charge is 0.490 e. The summed E-state index contributed by atoms with van der Waals surface area (Å²) in [5, 5.41) is 0. The standard InChI is InChI=1S/C19H16F4O4/c1-2-25-17-10-12(7-9-16(17)27-19(22)23)6-8-15(24)13-4-3-5-14(11-13)26-18(20)21/h3-11,18-19H,2H2,1H3/b8-6+. The Morgan fingerprint density at radius 2 is 1.74 bits per heavy atom. The zero-order valence-electron chi connectivity index (χ0n) is 14.2. The van der Waals surface area contributed by atoms with E-state index in [-0.39, 0.29) is 29.4 Å². The van der Waals surface area contributed by atoms with Gasteiger partial charge in [-0.15, -0.1) is 0 Å². The van der Waals surface area contributed by atoms with Crippen LogP contribution in [0.25, 0.3) is 6.08 Å². The van der Waals surface area contributed by atoms with Crippen LogP contribution < -0.4 is 14.2 Å². The number of rotatable bonds is 9. The number of allylic oxidation sites excluding steroid dienone is 1. The average Bonchev–Trinajstić information content (AvgIpc) is 2.61. The lowest BCUT2D eigenvalue weighted by Crippen LogP contribution is -2.04. The number of halogens is 4. The minimum Gasteiger partial charge on any atom is -0.490 e. The number of carbonyl (C=O) groups is 1. The third-order valence-corrected chi connectivity index (χ3v) is 3.25. The van der Waals surface area contributed by atoms with Gasteiger partial charge in [-0.25, -0.2) is 0 Å². The maximum atomic E-state index is 12.4. The Morgan fingerprint density at radius 1 is 1.00 bits per heavy atom. The van der Waals surface area contributed by atoms with Crippen molar-refractivity contribution < 1.29 is 36.6 Å². The Hall–Kier alpha value is -3.03. The Labute approximate surface area is 153 Å². The van der Waals surface area contributed by atoms with Crippen LogP contribution in [0.15, 0.2) is 48.5 Å². The fourth-order valence-electron chi connectivity index (χ4n) is 2.18. The van der Waals surface area contributed by atoms with Crippen molar-refractivity contribution in [2.24, 2.45) is 0 Å². The Balaban J connectivity index is 2.17. The molecule has 4 nitrogen and oxygen atoms in total. The molecule has 0 aliphatic rings. The van der Waals surface area contributed by atoms with Crippen LogP contribution in [0.2, 0.25) is 0 Å². The van der Waals surface area contributed by atoms with Crippen LogP contribution in [0.4, 0.5) is 17.6 Å². The topological polar surface area (TPSA) is 44.8 Å². The molecule has 0 spiro atoms. The Bertz CT molecular complexity index is 806. The van der Waals surface area contributed by atoms with Gasteiger partial charge in [0, 0.05) is 5.56 Å². The maximum Gasteiger partial charge on any atom is 0.387 e. The second kappa shape index (κ2) is 9.61. The summed E-state index contributed by atoms with van der Waals surface area (Å²) in [7, 11) is 0. The van der Waals surface area contributed by atoms with E-state index in [0.29, 0.717) is 5.56 Å². The van der Waals surface area contributed by atoms with Gasteiger partial charge < -0.3 is 14.2 Å². The van der Waals surface area contributed by atoms with Crippen LogP contribution in [0.1, 0.15) is 22.8 Å². The molecule has 8 heteroatoms. The predicted octanol–water partition coefficient (Wildman–Crippen LogP) is 5.18. The van der Waals surface area contributed by atoms with Crippen molar-refractivity contribution in [3.63, 3.8) is 0 Å². The molecule has 0 atom stereocenters. The van der Waals surface area contributed by atoms with E-state index in [2.05, 4.69) is 9.47 Å². The van der Waals surface area contributed by atoms with Crippen LogP contribution in [0.5, 0.6) is 17.2 Å². The number of ether oxygens (including phenoxy) is 3. The van der Waals surface area contributed by atoms with E-state index in [1.165, 1.54) is 54.6 Å². The van der Waals surface area contributed by atoms with Crippen molar-refractivity contribution in [3.05, 3.63) is 59.7 Å². The molecule has 0 heterocycles. The highest BCUT2D eigenvalue weighted by Gasteiger charge is 2.11. The molecule has 0 saturated heterocycles. The first-order valence-electron chi connectivity index (χ1n) is 7.88. The molecular weight excluding hydrogens is 368 g/mol. The Morgan fingerprint density at radius 3 is 2.41 bits per heavy atom. The van der Waals surface area contributed by atoms with E-state index >= 15 is 0 Å². The van der Waals surface area contributed by atoms with Gasteiger partial charge in [0.15, 0.2) is 17.3 Å². The summed E-state index contributed by atoms with van der Waals surface area (Å²) in [6.45, 7) is -4.05. The SMILES string of the molecule is CCOc1cc(/C=C/C(=O)c2cccc(OC(F)F)c2)ccc1OC(F)F. The summed E-state index contributed by atoms with van der Waals surface area (Å²) in [6, 6.07) is 9.60. The first-order chi connectivity index (χ1) is 12.9. The lowest BCUT2D eigenvalue weighted by Gasteiger charge is -2.11. The molecule has 2 rings (SSSR count). The molecule has 0 saturated carbocycles. The molecule has 0 unspecified atom stereocenters. The zero-order chi connectivity index (χ0) is 19.8. The highest BCUT2D eigenvalue weighted by molar-refractivity contribution is 6.07. The fraction of sp³-hybridized carbons (Fsp3) is 0.211. The van der Waals surface area contributed by atoms with Crippen LogP contribution in [0.3, 0.4) is 0 Å². The Kier molecular flexibility index (Phi) is 7.22. The molecule has 0 aromatic heterocycles. The monoisotopic (exact) mass is 384 g/mol. The number of hydrogen-bond acceptors (Lipinski definition) is 4. The second-order valence-corrected chi connectivity index (χ2v) is 5.12. The predicted molar refractivity (Wildman–Crippen MR) is 90.7 cm³/mol.